The molecule has 0 aliphatic heterocycles. The summed E-state index contributed by atoms with van der Waals surface area (Å²) in [6.45, 7) is 0.307. The van der Waals surface area contributed by atoms with Gasteiger partial charge >= 0.3 is 0 Å². The second-order valence-corrected chi connectivity index (χ2v) is 5.40. The van der Waals surface area contributed by atoms with E-state index in [9.17, 15) is 14.7 Å². The highest BCUT2D eigenvalue weighted by molar-refractivity contribution is 9.09. The topological polar surface area (TPSA) is 63.6 Å². The lowest BCUT2D eigenvalue weighted by atomic mass is 10.1. The number of hydrogen-bond donors (Lipinski definition) is 1. The average Bonchev–Trinajstić information content (AvgIpc) is 2.68. The van der Waals surface area contributed by atoms with E-state index in [0.717, 1.165) is 0 Å². The lowest BCUT2D eigenvalue weighted by Crippen LogP contribution is -2.01. The van der Waals surface area contributed by atoms with Crippen LogP contribution in [0.25, 0.3) is 11.1 Å². The molecule has 1 aliphatic rings. The quantitative estimate of drug-likeness (QED) is 0.740. The summed E-state index contributed by atoms with van der Waals surface area (Å²) < 4.78 is 5.39. The van der Waals surface area contributed by atoms with Gasteiger partial charge in [-0.3, -0.25) is 9.59 Å². The minimum atomic E-state index is -0.378. The number of carbonyl (C=O) groups is 1. The van der Waals surface area contributed by atoms with E-state index in [1.165, 1.54) is 12.1 Å². The Bertz CT molecular complexity index is 799. The maximum Gasteiger partial charge on any atom is 0.194 e. The molecule has 0 heterocycles. The lowest BCUT2D eigenvalue weighted by molar-refractivity contribution is 0.104. The van der Waals surface area contributed by atoms with Crippen LogP contribution >= 0.6 is 15.9 Å². The number of hydrogen-bond acceptors (Lipinski definition) is 4. The fourth-order valence-corrected chi connectivity index (χ4v) is 2.62. The molecule has 2 aromatic rings. The third-order valence-electron chi connectivity index (χ3n) is 3.32. The molecule has 1 N–H and O–H groups in total. The van der Waals surface area contributed by atoms with Gasteiger partial charge in [0.05, 0.1) is 6.61 Å². The van der Waals surface area contributed by atoms with Gasteiger partial charge in [-0.05, 0) is 11.6 Å². The van der Waals surface area contributed by atoms with Gasteiger partial charge in [-0.1, -0.05) is 40.2 Å². The van der Waals surface area contributed by atoms with Crippen LogP contribution in [0.5, 0.6) is 11.5 Å². The summed E-state index contributed by atoms with van der Waals surface area (Å²) in [5.74, 6) is -0.341. The van der Waals surface area contributed by atoms with Gasteiger partial charge in [-0.25, -0.2) is 0 Å². The van der Waals surface area contributed by atoms with Crippen molar-refractivity contribution in [2.24, 2.45) is 0 Å². The number of halogens is 1. The van der Waals surface area contributed by atoms with Crippen LogP contribution in [0.4, 0.5) is 0 Å². The second-order valence-electron chi connectivity index (χ2n) is 4.60. The number of aromatic hydroxyl groups is 1. The number of fused-ring (bicyclic) bond motifs is 3. The molecule has 0 spiro atoms. The SMILES string of the molecule is O=C1c2ccccc2-c2c1cc(=O)cc(OCCBr)c2O. The molecule has 4 nitrogen and oxygen atoms in total. The highest BCUT2D eigenvalue weighted by atomic mass is 79.9. The first-order chi connectivity index (χ1) is 10.1. The Hall–Kier alpha value is -2.14. The Morgan fingerprint density at radius 3 is 2.48 bits per heavy atom. The third-order valence-corrected chi connectivity index (χ3v) is 3.64. The van der Waals surface area contributed by atoms with Crippen molar-refractivity contribution in [3.8, 4) is 22.6 Å². The molecule has 0 unspecified atom stereocenters. The number of ether oxygens (including phenoxy) is 1. The van der Waals surface area contributed by atoms with Crippen molar-refractivity contribution in [2.45, 2.75) is 0 Å². The van der Waals surface area contributed by atoms with Crippen LogP contribution in [0, 0.1) is 0 Å². The van der Waals surface area contributed by atoms with Crippen LogP contribution in [0.2, 0.25) is 0 Å². The van der Waals surface area contributed by atoms with Crippen molar-refractivity contribution in [1.29, 1.82) is 0 Å². The Kier molecular flexibility index (Phi) is 3.51. The zero-order valence-corrected chi connectivity index (χ0v) is 12.5. The average molecular weight is 347 g/mol. The first kappa shape index (κ1) is 13.8. The predicted octanol–water partition coefficient (Wildman–Crippen LogP) is 2.74. The standard InChI is InChI=1S/C16H11BrO4/c17-5-6-21-13-8-9(18)7-12-14(16(13)20)10-3-1-2-4-11(10)15(12)19/h1-4,7-8,20H,5-6H2. The van der Waals surface area contributed by atoms with Gasteiger partial charge in [0.1, 0.15) is 0 Å². The normalized spacial score (nSPS) is 12.0. The number of alkyl halides is 1. The highest BCUT2D eigenvalue weighted by Gasteiger charge is 2.30. The molecule has 0 bridgehead atoms. The van der Waals surface area contributed by atoms with Crippen LogP contribution in [0.1, 0.15) is 15.9 Å². The van der Waals surface area contributed by atoms with E-state index in [1.807, 2.05) is 0 Å². The molecule has 0 atom stereocenters. The molecule has 0 aromatic heterocycles. The molecule has 106 valence electrons. The Morgan fingerprint density at radius 1 is 1.05 bits per heavy atom. The van der Waals surface area contributed by atoms with Gasteiger partial charge in [0.2, 0.25) is 0 Å². The summed E-state index contributed by atoms with van der Waals surface area (Å²) in [7, 11) is 0. The first-order valence-corrected chi connectivity index (χ1v) is 7.50. The van der Waals surface area contributed by atoms with Gasteiger partial charge in [-0.15, -0.1) is 0 Å². The molecule has 0 saturated heterocycles. The summed E-state index contributed by atoms with van der Waals surface area (Å²) >= 11 is 3.22. The molecule has 0 amide bonds. The lowest BCUT2D eigenvalue weighted by Gasteiger charge is -2.06. The molecule has 0 radical (unpaired) electrons. The van der Waals surface area contributed by atoms with Gasteiger partial charge in [0.25, 0.3) is 0 Å². The minimum Gasteiger partial charge on any atom is -0.504 e. The summed E-state index contributed by atoms with van der Waals surface area (Å²) in [6, 6.07) is 9.41. The Morgan fingerprint density at radius 2 is 1.76 bits per heavy atom. The van der Waals surface area contributed by atoms with Gasteiger partial charge in [0, 0.05) is 28.1 Å². The van der Waals surface area contributed by atoms with E-state index in [1.54, 1.807) is 24.3 Å². The molecular formula is C16H11BrO4. The van der Waals surface area contributed by atoms with Crippen LogP contribution in [0.3, 0.4) is 0 Å². The minimum absolute atomic E-state index is 0.0882. The molecule has 1 aliphatic carbocycles. The van der Waals surface area contributed by atoms with E-state index < -0.39 is 0 Å². The van der Waals surface area contributed by atoms with Crippen LogP contribution < -0.4 is 10.2 Å². The van der Waals surface area contributed by atoms with Crippen LogP contribution in [-0.4, -0.2) is 22.8 Å². The van der Waals surface area contributed by atoms with E-state index in [-0.39, 0.29) is 28.3 Å². The maximum atomic E-state index is 12.4. The first-order valence-electron chi connectivity index (χ1n) is 6.37. The van der Waals surface area contributed by atoms with Gasteiger partial charge < -0.3 is 9.84 Å². The number of ketones is 1. The molecule has 3 rings (SSSR count). The van der Waals surface area contributed by atoms with Gasteiger partial charge in [-0.2, -0.15) is 0 Å². The monoisotopic (exact) mass is 346 g/mol. The van der Waals surface area contributed by atoms with E-state index >= 15 is 0 Å². The zero-order valence-electron chi connectivity index (χ0n) is 10.9. The number of carbonyl (C=O) groups excluding carboxylic acids is 1. The smallest absolute Gasteiger partial charge is 0.194 e. The van der Waals surface area contributed by atoms with Crippen molar-refractivity contribution < 1.29 is 14.6 Å². The number of rotatable bonds is 3. The highest BCUT2D eigenvalue weighted by Crippen LogP contribution is 2.44. The zero-order chi connectivity index (χ0) is 15.0. The molecule has 0 fully saturated rings. The molecule has 21 heavy (non-hydrogen) atoms. The molecule has 2 aromatic carbocycles. The summed E-state index contributed by atoms with van der Waals surface area (Å²) in [4.78, 5) is 24.3. The number of benzene rings is 1. The predicted molar refractivity (Wildman–Crippen MR) is 82.5 cm³/mol. The summed E-state index contributed by atoms with van der Waals surface area (Å²) in [6.07, 6.45) is 0. The largest absolute Gasteiger partial charge is 0.504 e. The maximum absolute atomic E-state index is 12.4. The van der Waals surface area contributed by atoms with Crippen molar-refractivity contribution in [2.75, 3.05) is 11.9 Å². The van der Waals surface area contributed by atoms with Crippen LogP contribution in [-0.2, 0) is 0 Å². The molecular weight excluding hydrogens is 336 g/mol. The Balaban J connectivity index is 2.32. The van der Waals surface area contributed by atoms with E-state index in [0.29, 0.717) is 28.6 Å². The van der Waals surface area contributed by atoms with Crippen molar-refractivity contribution >= 4 is 21.7 Å². The van der Waals surface area contributed by atoms with Gasteiger partial charge in [0.15, 0.2) is 22.7 Å². The summed E-state index contributed by atoms with van der Waals surface area (Å²) in [5, 5.41) is 11.0. The van der Waals surface area contributed by atoms with E-state index in [2.05, 4.69) is 15.9 Å². The Labute approximate surface area is 129 Å². The van der Waals surface area contributed by atoms with Crippen LogP contribution in [0.15, 0.2) is 41.2 Å². The van der Waals surface area contributed by atoms with Crippen molar-refractivity contribution in [3.63, 3.8) is 0 Å². The van der Waals surface area contributed by atoms with Crippen molar-refractivity contribution in [3.05, 3.63) is 57.7 Å². The fraction of sp³-hybridized carbons (Fsp3) is 0.125. The summed E-state index contributed by atoms with van der Waals surface area (Å²) in [5.41, 5.74) is 1.31. The van der Waals surface area contributed by atoms with Crippen molar-refractivity contribution in [1.82, 2.24) is 0 Å². The molecule has 5 heteroatoms. The van der Waals surface area contributed by atoms with E-state index in [4.69, 9.17) is 4.74 Å². The molecule has 0 saturated carbocycles. The fourth-order valence-electron chi connectivity index (χ4n) is 2.46. The third kappa shape index (κ3) is 2.23. The second kappa shape index (κ2) is 5.33.